The first-order valence-electron chi connectivity index (χ1n) is 8.04. The van der Waals surface area contributed by atoms with Crippen LogP contribution < -0.4 is 15.4 Å². The van der Waals surface area contributed by atoms with Crippen molar-refractivity contribution in [3.8, 4) is 5.75 Å². The van der Waals surface area contributed by atoms with Crippen LogP contribution in [0, 0.1) is 0 Å². The van der Waals surface area contributed by atoms with Crippen LogP contribution in [0.3, 0.4) is 0 Å². The molecule has 1 heterocycles. The number of amides is 2. The highest BCUT2D eigenvalue weighted by molar-refractivity contribution is 5.97. The van der Waals surface area contributed by atoms with E-state index in [1.165, 1.54) is 0 Å². The molecule has 1 aliphatic heterocycles. The van der Waals surface area contributed by atoms with E-state index in [4.69, 9.17) is 9.47 Å². The molecule has 0 radical (unpaired) electrons. The number of hydrogen-bond donors (Lipinski definition) is 2. The number of methoxy groups -OCH3 is 1. The van der Waals surface area contributed by atoms with Crippen molar-refractivity contribution in [2.45, 2.75) is 45.1 Å². The Morgan fingerprint density at radius 2 is 2.17 bits per heavy atom. The second-order valence-electron chi connectivity index (χ2n) is 5.56. The van der Waals surface area contributed by atoms with E-state index in [0.717, 1.165) is 25.7 Å². The maximum Gasteiger partial charge on any atom is 0.253 e. The lowest BCUT2D eigenvalue weighted by Gasteiger charge is -2.14. The van der Waals surface area contributed by atoms with Crippen molar-refractivity contribution < 1.29 is 19.1 Å². The van der Waals surface area contributed by atoms with E-state index in [1.54, 1.807) is 25.3 Å². The van der Waals surface area contributed by atoms with Gasteiger partial charge in [0.1, 0.15) is 11.9 Å². The van der Waals surface area contributed by atoms with Gasteiger partial charge in [-0.3, -0.25) is 9.59 Å². The Morgan fingerprint density at radius 3 is 2.83 bits per heavy atom. The van der Waals surface area contributed by atoms with Gasteiger partial charge in [0, 0.05) is 18.7 Å². The summed E-state index contributed by atoms with van der Waals surface area (Å²) in [6.45, 7) is 2.66. The summed E-state index contributed by atoms with van der Waals surface area (Å²) in [5.41, 5.74) is 1.16. The van der Waals surface area contributed by atoms with Crippen LogP contribution >= 0.6 is 0 Å². The molecule has 1 atom stereocenters. The molecule has 0 saturated carbocycles. The second kappa shape index (κ2) is 8.53. The van der Waals surface area contributed by atoms with Crippen LogP contribution in [0.25, 0.3) is 0 Å². The Labute approximate surface area is 136 Å². The van der Waals surface area contributed by atoms with Crippen molar-refractivity contribution >= 4 is 23.2 Å². The van der Waals surface area contributed by atoms with E-state index in [9.17, 15) is 9.59 Å². The van der Waals surface area contributed by atoms with E-state index < -0.39 is 0 Å². The molecule has 2 amide bonds. The third-order valence-electron chi connectivity index (χ3n) is 3.72. The number of carbonyl (C=O) groups is 2. The summed E-state index contributed by atoms with van der Waals surface area (Å²) in [7, 11) is 1.54. The van der Waals surface area contributed by atoms with Crippen molar-refractivity contribution in [3.63, 3.8) is 0 Å². The molecule has 1 fully saturated rings. The number of ether oxygens (including phenoxy) is 2. The number of benzene rings is 1. The predicted octanol–water partition coefficient (Wildman–Crippen LogP) is 2.94. The summed E-state index contributed by atoms with van der Waals surface area (Å²) < 4.78 is 10.6. The van der Waals surface area contributed by atoms with Gasteiger partial charge in [-0.1, -0.05) is 13.3 Å². The maximum absolute atomic E-state index is 12.1. The molecule has 6 heteroatoms. The van der Waals surface area contributed by atoms with Gasteiger partial charge in [0.25, 0.3) is 5.91 Å². The van der Waals surface area contributed by atoms with Crippen molar-refractivity contribution in [2.75, 3.05) is 24.4 Å². The average Bonchev–Trinajstić information content (AvgIpc) is 3.08. The number of hydrogen-bond acceptors (Lipinski definition) is 4. The summed E-state index contributed by atoms with van der Waals surface area (Å²) in [4.78, 5) is 24.0. The smallest absolute Gasteiger partial charge is 0.253 e. The summed E-state index contributed by atoms with van der Waals surface area (Å²) in [5.74, 6) is 0.341. The Hall–Kier alpha value is -2.08. The van der Waals surface area contributed by atoms with Gasteiger partial charge in [-0.15, -0.1) is 0 Å². The number of carbonyl (C=O) groups excluding carboxylic acids is 2. The number of unbranched alkanes of at least 4 members (excludes halogenated alkanes) is 1. The van der Waals surface area contributed by atoms with E-state index in [0.29, 0.717) is 30.2 Å². The number of anilines is 2. The quantitative estimate of drug-likeness (QED) is 0.810. The fraction of sp³-hybridized carbons (Fsp3) is 0.529. The van der Waals surface area contributed by atoms with Gasteiger partial charge in [0.05, 0.1) is 12.8 Å². The molecule has 0 spiro atoms. The van der Waals surface area contributed by atoms with Gasteiger partial charge in [-0.2, -0.15) is 0 Å². The highest BCUT2D eigenvalue weighted by Crippen LogP contribution is 2.28. The molecule has 0 unspecified atom stereocenters. The topological polar surface area (TPSA) is 76.7 Å². The first kappa shape index (κ1) is 17.3. The van der Waals surface area contributed by atoms with Crippen molar-refractivity contribution in [1.29, 1.82) is 0 Å². The molecule has 2 N–H and O–H groups in total. The fourth-order valence-corrected chi connectivity index (χ4v) is 2.44. The van der Waals surface area contributed by atoms with Crippen LogP contribution in [-0.2, 0) is 14.3 Å². The van der Waals surface area contributed by atoms with Crippen molar-refractivity contribution in [3.05, 3.63) is 18.2 Å². The molecule has 23 heavy (non-hydrogen) atoms. The zero-order valence-corrected chi connectivity index (χ0v) is 13.7. The highest BCUT2D eigenvalue weighted by atomic mass is 16.5. The minimum Gasteiger partial charge on any atom is -0.495 e. The van der Waals surface area contributed by atoms with Gasteiger partial charge in [-0.05, 0) is 37.5 Å². The Kier molecular flexibility index (Phi) is 6.40. The van der Waals surface area contributed by atoms with Crippen LogP contribution in [-0.4, -0.2) is 31.6 Å². The zero-order valence-electron chi connectivity index (χ0n) is 13.7. The van der Waals surface area contributed by atoms with Gasteiger partial charge in [0.2, 0.25) is 5.91 Å². The molecule has 1 aliphatic rings. The average molecular weight is 320 g/mol. The number of nitrogens with one attached hydrogen (secondary N) is 2. The molecule has 126 valence electrons. The SMILES string of the molecule is CCCCC(=O)Nc1cc(NC(=O)[C@@H]2CCCO2)ccc1OC. The van der Waals surface area contributed by atoms with Gasteiger partial charge in [0.15, 0.2) is 0 Å². The summed E-state index contributed by atoms with van der Waals surface area (Å²) >= 11 is 0. The maximum atomic E-state index is 12.1. The molecular weight excluding hydrogens is 296 g/mol. The van der Waals surface area contributed by atoms with Crippen LogP contribution in [0.4, 0.5) is 11.4 Å². The lowest BCUT2D eigenvalue weighted by atomic mass is 10.2. The van der Waals surface area contributed by atoms with E-state index in [2.05, 4.69) is 10.6 Å². The molecular formula is C17H24N2O4. The normalized spacial score (nSPS) is 16.9. The molecule has 6 nitrogen and oxygen atoms in total. The van der Waals surface area contributed by atoms with Gasteiger partial charge in [-0.25, -0.2) is 0 Å². The third kappa shape index (κ3) is 4.96. The number of rotatable bonds is 7. The molecule has 0 bridgehead atoms. The van der Waals surface area contributed by atoms with Gasteiger partial charge < -0.3 is 20.1 Å². The van der Waals surface area contributed by atoms with Crippen LogP contribution in [0.15, 0.2) is 18.2 Å². The third-order valence-corrected chi connectivity index (χ3v) is 3.72. The minimum atomic E-state index is -0.389. The Bertz CT molecular complexity index is 554. The first-order valence-corrected chi connectivity index (χ1v) is 8.04. The van der Waals surface area contributed by atoms with Crippen LogP contribution in [0.1, 0.15) is 39.0 Å². The van der Waals surface area contributed by atoms with E-state index in [1.807, 2.05) is 6.92 Å². The lowest BCUT2D eigenvalue weighted by molar-refractivity contribution is -0.124. The molecule has 0 aliphatic carbocycles. The van der Waals surface area contributed by atoms with Crippen molar-refractivity contribution in [2.24, 2.45) is 0 Å². The second-order valence-corrected chi connectivity index (χ2v) is 5.56. The largest absolute Gasteiger partial charge is 0.495 e. The monoisotopic (exact) mass is 320 g/mol. The first-order chi connectivity index (χ1) is 11.1. The standard InChI is InChI=1S/C17H24N2O4/c1-3-4-7-16(20)19-13-11-12(8-9-14(13)22-2)18-17(21)15-6-5-10-23-15/h8-9,11,15H,3-7,10H2,1-2H3,(H,18,21)(H,19,20)/t15-/m0/s1. The fourth-order valence-electron chi connectivity index (χ4n) is 2.44. The summed E-state index contributed by atoms with van der Waals surface area (Å²) in [6, 6.07) is 5.17. The molecule has 0 aromatic heterocycles. The molecule has 1 aromatic carbocycles. The Morgan fingerprint density at radius 1 is 1.35 bits per heavy atom. The lowest BCUT2D eigenvalue weighted by Crippen LogP contribution is -2.26. The highest BCUT2D eigenvalue weighted by Gasteiger charge is 2.23. The van der Waals surface area contributed by atoms with Crippen LogP contribution in [0.2, 0.25) is 0 Å². The molecule has 2 rings (SSSR count). The van der Waals surface area contributed by atoms with E-state index in [-0.39, 0.29) is 17.9 Å². The summed E-state index contributed by atoms with van der Waals surface area (Å²) in [5, 5.41) is 5.65. The van der Waals surface area contributed by atoms with Crippen molar-refractivity contribution in [1.82, 2.24) is 0 Å². The predicted molar refractivity (Wildman–Crippen MR) is 88.8 cm³/mol. The molecule has 1 saturated heterocycles. The Balaban J connectivity index is 2.05. The molecule has 1 aromatic rings. The minimum absolute atomic E-state index is 0.0623. The van der Waals surface area contributed by atoms with E-state index >= 15 is 0 Å². The van der Waals surface area contributed by atoms with Crippen LogP contribution in [0.5, 0.6) is 5.75 Å². The zero-order chi connectivity index (χ0) is 16.7. The summed E-state index contributed by atoms with van der Waals surface area (Å²) in [6.07, 6.45) is 3.51. The van der Waals surface area contributed by atoms with Gasteiger partial charge >= 0.3 is 0 Å².